The van der Waals surface area contributed by atoms with Crippen molar-refractivity contribution in [3.8, 4) is 0 Å². The number of hydrogen-bond donors (Lipinski definition) is 1. The molecule has 1 aromatic heterocycles. The van der Waals surface area contributed by atoms with Gasteiger partial charge in [0.1, 0.15) is 6.54 Å². The lowest BCUT2D eigenvalue weighted by atomic mass is 10.2. The fraction of sp³-hybridized carbons (Fsp3) is 0.0625. The maximum Gasteiger partial charge on any atom is 0.270 e. The number of nitro groups is 1. The SMILES string of the molecule is O=C(Cn1ncc2cc([N+](=O)[O-])ccc21)N/N=C/c1ccccc1Br. The zero-order chi connectivity index (χ0) is 17.8. The second kappa shape index (κ2) is 7.22. The van der Waals surface area contributed by atoms with Crippen LogP contribution in [0.15, 0.2) is 58.2 Å². The van der Waals surface area contributed by atoms with Crippen LogP contribution in [0.25, 0.3) is 10.9 Å². The topological polar surface area (TPSA) is 102 Å². The molecular weight excluding hydrogens is 390 g/mol. The standard InChI is InChI=1S/C16H12BrN5O3/c17-14-4-2-1-3-11(14)8-18-20-16(23)10-21-15-6-5-13(22(24)25)7-12(15)9-19-21/h1-9H,10H2,(H,20,23)/b18-8+. The Morgan fingerprint density at radius 3 is 2.92 bits per heavy atom. The summed E-state index contributed by atoms with van der Waals surface area (Å²) in [6, 6.07) is 11.8. The molecule has 126 valence electrons. The molecule has 1 heterocycles. The van der Waals surface area contributed by atoms with Crippen LogP contribution in [0, 0.1) is 10.1 Å². The van der Waals surface area contributed by atoms with Crippen LogP contribution in [0.5, 0.6) is 0 Å². The quantitative estimate of drug-likeness (QED) is 0.403. The summed E-state index contributed by atoms with van der Waals surface area (Å²) in [5, 5.41) is 19.4. The lowest BCUT2D eigenvalue weighted by molar-refractivity contribution is -0.384. The van der Waals surface area contributed by atoms with E-state index in [0.717, 1.165) is 10.0 Å². The number of hydrazone groups is 1. The first-order valence-corrected chi connectivity index (χ1v) is 8.00. The van der Waals surface area contributed by atoms with Crippen molar-refractivity contribution < 1.29 is 9.72 Å². The highest BCUT2D eigenvalue weighted by molar-refractivity contribution is 9.10. The van der Waals surface area contributed by atoms with Gasteiger partial charge in [-0.05, 0) is 12.1 Å². The number of benzene rings is 2. The summed E-state index contributed by atoms with van der Waals surface area (Å²) in [5.74, 6) is -0.355. The van der Waals surface area contributed by atoms with Gasteiger partial charge in [-0.25, -0.2) is 5.43 Å². The molecule has 0 saturated carbocycles. The minimum absolute atomic E-state index is 0.0189. The van der Waals surface area contributed by atoms with Gasteiger partial charge in [-0.1, -0.05) is 34.1 Å². The van der Waals surface area contributed by atoms with Crippen molar-refractivity contribution in [2.45, 2.75) is 6.54 Å². The molecule has 0 aliphatic carbocycles. The summed E-state index contributed by atoms with van der Waals surface area (Å²) in [6.45, 7) is -0.0470. The predicted octanol–water partition coefficient (Wildman–Crippen LogP) is 2.86. The molecular formula is C16H12BrN5O3. The number of nitrogens with one attached hydrogen (secondary N) is 1. The molecule has 2 aromatic carbocycles. The van der Waals surface area contributed by atoms with Crippen molar-refractivity contribution in [1.29, 1.82) is 0 Å². The molecule has 0 bridgehead atoms. The monoisotopic (exact) mass is 401 g/mol. The van der Waals surface area contributed by atoms with Gasteiger partial charge in [0.15, 0.2) is 0 Å². The Balaban J connectivity index is 1.68. The minimum atomic E-state index is -0.472. The third-order valence-electron chi connectivity index (χ3n) is 3.43. The van der Waals surface area contributed by atoms with Crippen molar-refractivity contribution in [3.05, 3.63) is 68.8 Å². The van der Waals surface area contributed by atoms with Crippen LogP contribution in [-0.4, -0.2) is 26.8 Å². The number of amides is 1. The Morgan fingerprint density at radius 2 is 2.16 bits per heavy atom. The van der Waals surface area contributed by atoms with Crippen LogP contribution in [0.1, 0.15) is 5.56 Å². The molecule has 0 fully saturated rings. The van der Waals surface area contributed by atoms with Gasteiger partial charge in [-0.3, -0.25) is 19.6 Å². The summed E-state index contributed by atoms with van der Waals surface area (Å²) < 4.78 is 2.33. The maximum atomic E-state index is 12.0. The molecule has 0 aliphatic heterocycles. The number of nitrogens with zero attached hydrogens (tertiary/aromatic N) is 4. The highest BCUT2D eigenvalue weighted by Crippen LogP contribution is 2.20. The van der Waals surface area contributed by atoms with Crippen LogP contribution in [0.2, 0.25) is 0 Å². The fourth-order valence-electron chi connectivity index (χ4n) is 2.24. The lowest BCUT2D eigenvalue weighted by Gasteiger charge is -2.03. The minimum Gasteiger partial charge on any atom is -0.271 e. The Kier molecular flexibility index (Phi) is 4.85. The second-order valence-corrected chi connectivity index (χ2v) is 5.97. The van der Waals surface area contributed by atoms with Gasteiger partial charge in [0.2, 0.25) is 0 Å². The number of rotatable bonds is 5. The molecule has 0 unspecified atom stereocenters. The first-order chi connectivity index (χ1) is 12.0. The Morgan fingerprint density at radius 1 is 1.36 bits per heavy atom. The van der Waals surface area contributed by atoms with Crippen LogP contribution in [-0.2, 0) is 11.3 Å². The molecule has 3 aromatic rings. The van der Waals surface area contributed by atoms with E-state index in [4.69, 9.17) is 0 Å². The molecule has 1 N–H and O–H groups in total. The smallest absolute Gasteiger partial charge is 0.270 e. The predicted molar refractivity (Wildman–Crippen MR) is 96.3 cm³/mol. The third kappa shape index (κ3) is 3.89. The van der Waals surface area contributed by atoms with Gasteiger partial charge >= 0.3 is 0 Å². The second-order valence-electron chi connectivity index (χ2n) is 5.12. The van der Waals surface area contributed by atoms with E-state index in [1.54, 1.807) is 6.07 Å². The molecule has 0 saturated heterocycles. The van der Waals surface area contributed by atoms with Crippen molar-refractivity contribution in [1.82, 2.24) is 15.2 Å². The number of non-ortho nitro benzene ring substituents is 1. The number of hydrogen-bond acceptors (Lipinski definition) is 5. The van der Waals surface area contributed by atoms with Crippen LogP contribution < -0.4 is 5.43 Å². The molecule has 8 nitrogen and oxygen atoms in total. The summed E-state index contributed by atoms with van der Waals surface area (Å²) >= 11 is 3.39. The Bertz CT molecular complexity index is 983. The summed E-state index contributed by atoms with van der Waals surface area (Å²) in [7, 11) is 0. The zero-order valence-corrected chi connectivity index (χ0v) is 14.4. The molecule has 3 rings (SSSR count). The molecule has 1 amide bonds. The Hall–Kier alpha value is -3.07. The van der Waals surface area contributed by atoms with E-state index in [9.17, 15) is 14.9 Å². The zero-order valence-electron chi connectivity index (χ0n) is 12.8. The number of carbonyl (C=O) groups excluding carboxylic acids is 1. The van der Waals surface area contributed by atoms with Crippen molar-refractivity contribution in [2.75, 3.05) is 0 Å². The Labute approximate surface area is 150 Å². The molecule has 9 heteroatoms. The summed E-state index contributed by atoms with van der Waals surface area (Å²) in [4.78, 5) is 22.3. The molecule has 0 radical (unpaired) electrons. The number of fused-ring (bicyclic) bond motifs is 1. The van der Waals surface area contributed by atoms with E-state index in [1.807, 2.05) is 24.3 Å². The van der Waals surface area contributed by atoms with Crippen molar-refractivity contribution in [3.63, 3.8) is 0 Å². The summed E-state index contributed by atoms with van der Waals surface area (Å²) in [6.07, 6.45) is 3.02. The van der Waals surface area contributed by atoms with Crippen LogP contribution in [0.3, 0.4) is 0 Å². The first kappa shape index (κ1) is 16.8. The maximum absolute atomic E-state index is 12.0. The highest BCUT2D eigenvalue weighted by Gasteiger charge is 2.11. The van der Waals surface area contributed by atoms with E-state index >= 15 is 0 Å². The van der Waals surface area contributed by atoms with E-state index in [0.29, 0.717) is 10.9 Å². The fourth-order valence-corrected chi connectivity index (χ4v) is 2.63. The lowest BCUT2D eigenvalue weighted by Crippen LogP contribution is -2.23. The molecule has 25 heavy (non-hydrogen) atoms. The van der Waals surface area contributed by atoms with Gasteiger partial charge < -0.3 is 0 Å². The average Bonchev–Trinajstić information content (AvgIpc) is 2.98. The van der Waals surface area contributed by atoms with Gasteiger partial charge in [0.25, 0.3) is 11.6 Å². The summed E-state index contributed by atoms with van der Waals surface area (Å²) in [5.41, 5.74) is 3.88. The molecule has 0 atom stereocenters. The molecule has 0 spiro atoms. The van der Waals surface area contributed by atoms with Crippen molar-refractivity contribution >= 4 is 44.6 Å². The highest BCUT2D eigenvalue weighted by atomic mass is 79.9. The van der Waals surface area contributed by atoms with Crippen molar-refractivity contribution in [2.24, 2.45) is 5.10 Å². The number of carbonyl (C=O) groups is 1. The van der Waals surface area contributed by atoms with E-state index in [1.165, 1.54) is 29.2 Å². The van der Waals surface area contributed by atoms with E-state index in [2.05, 4.69) is 31.6 Å². The number of nitro benzene ring substituents is 1. The van der Waals surface area contributed by atoms with Gasteiger partial charge in [0, 0.05) is 27.6 Å². The van der Waals surface area contributed by atoms with Gasteiger partial charge in [-0.15, -0.1) is 0 Å². The van der Waals surface area contributed by atoms with E-state index < -0.39 is 4.92 Å². The largest absolute Gasteiger partial charge is 0.271 e. The number of halogens is 1. The van der Waals surface area contributed by atoms with Gasteiger partial charge in [-0.2, -0.15) is 10.2 Å². The van der Waals surface area contributed by atoms with Gasteiger partial charge in [0.05, 0.1) is 22.9 Å². The van der Waals surface area contributed by atoms with E-state index in [-0.39, 0.29) is 18.1 Å². The molecule has 0 aliphatic rings. The average molecular weight is 402 g/mol. The number of aromatic nitrogens is 2. The normalized spacial score (nSPS) is 11.1. The van der Waals surface area contributed by atoms with Crippen LogP contribution >= 0.6 is 15.9 Å². The third-order valence-corrected chi connectivity index (χ3v) is 4.15. The first-order valence-electron chi connectivity index (χ1n) is 7.21. The van der Waals surface area contributed by atoms with Crippen LogP contribution in [0.4, 0.5) is 5.69 Å².